The normalized spacial score (nSPS) is 14.1. The number of halogens is 1. The van der Waals surface area contributed by atoms with Crippen LogP contribution in [0.2, 0.25) is 0 Å². The second-order valence-corrected chi connectivity index (χ2v) is 13.3. The molecule has 1 N–H and O–H groups in total. The van der Waals surface area contributed by atoms with E-state index in [1.807, 2.05) is 37.3 Å². The van der Waals surface area contributed by atoms with Gasteiger partial charge in [-0.1, -0.05) is 97.3 Å². The van der Waals surface area contributed by atoms with E-state index in [9.17, 15) is 18.0 Å². The van der Waals surface area contributed by atoms with Gasteiger partial charge in [0.05, 0.1) is 10.6 Å². The zero-order valence-corrected chi connectivity index (χ0v) is 26.1. The molecule has 0 saturated heterocycles. The molecule has 0 aliphatic heterocycles. The van der Waals surface area contributed by atoms with Crippen LogP contribution in [0, 0.1) is 12.7 Å². The minimum Gasteiger partial charge on any atom is -0.352 e. The van der Waals surface area contributed by atoms with E-state index in [1.165, 1.54) is 23.1 Å². The number of anilines is 1. The van der Waals surface area contributed by atoms with Gasteiger partial charge in [-0.3, -0.25) is 13.9 Å². The second-order valence-electron chi connectivity index (χ2n) is 11.5. The lowest BCUT2D eigenvalue weighted by molar-refractivity contribution is -0.140. The summed E-state index contributed by atoms with van der Waals surface area (Å²) in [4.78, 5) is 29.8. The highest BCUT2D eigenvalue weighted by molar-refractivity contribution is 7.92. The highest BCUT2D eigenvalue weighted by Crippen LogP contribution is 2.26. The molecule has 234 valence electrons. The first kappa shape index (κ1) is 31.9. The zero-order valence-electron chi connectivity index (χ0n) is 25.3. The van der Waals surface area contributed by atoms with Crippen LogP contribution < -0.4 is 9.62 Å². The van der Waals surface area contributed by atoms with E-state index < -0.39 is 34.3 Å². The molecule has 7 nitrogen and oxygen atoms in total. The molecule has 0 radical (unpaired) electrons. The van der Waals surface area contributed by atoms with Gasteiger partial charge in [0.25, 0.3) is 10.0 Å². The standard InChI is InChI=1S/C36H38FN3O4S/c1-27-20-22-32(23-21-27)45(43,44)40(31-17-6-3-7-18-31)26-35(41)39(25-29-14-8-11-19-33(29)37)34(24-28-12-4-2-5-13-28)36(42)38-30-15-9-10-16-30/h2-8,11-14,17-23,30,34H,9-10,15-16,24-26H2,1H3,(H,38,42). The fraction of sp³-hybridized carbons (Fsp3) is 0.278. The van der Waals surface area contributed by atoms with Crippen molar-refractivity contribution in [2.24, 2.45) is 0 Å². The van der Waals surface area contributed by atoms with Crippen molar-refractivity contribution in [1.82, 2.24) is 10.2 Å². The summed E-state index contributed by atoms with van der Waals surface area (Å²) in [5.41, 5.74) is 2.24. The average molecular weight is 628 g/mol. The van der Waals surface area contributed by atoms with Crippen LogP contribution in [0.3, 0.4) is 0 Å². The van der Waals surface area contributed by atoms with E-state index in [2.05, 4.69) is 5.32 Å². The highest BCUT2D eigenvalue weighted by Gasteiger charge is 2.35. The first-order valence-electron chi connectivity index (χ1n) is 15.2. The second kappa shape index (κ2) is 14.5. The largest absolute Gasteiger partial charge is 0.352 e. The number of carbonyl (C=O) groups excluding carboxylic acids is 2. The maximum absolute atomic E-state index is 15.1. The molecule has 0 spiro atoms. The number of benzene rings is 4. The third-order valence-electron chi connectivity index (χ3n) is 8.20. The van der Waals surface area contributed by atoms with E-state index in [4.69, 9.17) is 0 Å². The van der Waals surface area contributed by atoms with Gasteiger partial charge in [-0.15, -0.1) is 0 Å². The van der Waals surface area contributed by atoms with Crippen LogP contribution in [0.4, 0.5) is 10.1 Å². The number of sulfonamides is 1. The van der Waals surface area contributed by atoms with Crippen LogP contribution in [-0.4, -0.2) is 43.8 Å². The van der Waals surface area contributed by atoms with Crippen molar-refractivity contribution >= 4 is 27.5 Å². The summed E-state index contributed by atoms with van der Waals surface area (Å²) >= 11 is 0. The Balaban J connectivity index is 1.56. The van der Waals surface area contributed by atoms with Crippen LogP contribution in [0.25, 0.3) is 0 Å². The average Bonchev–Trinajstić information content (AvgIpc) is 3.56. The summed E-state index contributed by atoms with van der Waals surface area (Å²) in [5, 5.41) is 3.12. The molecule has 1 saturated carbocycles. The Bertz CT molecular complexity index is 1690. The summed E-state index contributed by atoms with van der Waals surface area (Å²) in [6.07, 6.45) is 3.89. The van der Waals surface area contributed by atoms with Crippen molar-refractivity contribution in [3.63, 3.8) is 0 Å². The number of carbonyl (C=O) groups is 2. The lowest BCUT2D eigenvalue weighted by Gasteiger charge is -2.34. The molecule has 4 aromatic rings. The van der Waals surface area contributed by atoms with Crippen molar-refractivity contribution in [2.45, 2.75) is 62.6 Å². The predicted octanol–water partition coefficient (Wildman–Crippen LogP) is 6.03. The van der Waals surface area contributed by atoms with Gasteiger partial charge >= 0.3 is 0 Å². The van der Waals surface area contributed by atoms with Crippen LogP contribution in [-0.2, 0) is 32.6 Å². The molecular weight excluding hydrogens is 589 g/mol. The molecular formula is C36H38FN3O4S. The number of aryl methyl sites for hydroxylation is 1. The topological polar surface area (TPSA) is 86.8 Å². The number of hydrogen-bond acceptors (Lipinski definition) is 4. The first-order valence-corrected chi connectivity index (χ1v) is 16.7. The van der Waals surface area contributed by atoms with Gasteiger partial charge < -0.3 is 10.2 Å². The molecule has 5 rings (SSSR count). The molecule has 1 unspecified atom stereocenters. The first-order chi connectivity index (χ1) is 21.7. The molecule has 0 aromatic heterocycles. The lowest BCUT2D eigenvalue weighted by Crippen LogP contribution is -2.54. The summed E-state index contributed by atoms with van der Waals surface area (Å²) in [7, 11) is -4.19. The number of para-hydroxylation sites is 1. The van der Waals surface area contributed by atoms with Crippen LogP contribution >= 0.6 is 0 Å². The Morgan fingerprint density at radius 3 is 2.09 bits per heavy atom. The Kier molecular flexibility index (Phi) is 10.3. The van der Waals surface area contributed by atoms with Gasteiger partial charge in [-0.25, -0.2) is 12.8 Å². The Hall–Kier alpha value is -4.50. The maximum Gasteiger partial charge on any atom is 0.264 e. The van der Waals surface area contributed by atoms with Crippen molar-refractivity contribution < 1.29 is 22.4 Å². The molecule has 1 atom stereocenters. The Morgan fingerprint density at radius 1 is 0.844 bits per heavy atom. The summed E-state index contributed by atoms with van der Waals surface area (Å²) in [6, 6.07) is 29.2. The van der Waals surface area contributed by atoms with Crippen molar-refractivity contribution in [2.75, 3.05) is 10.8 Å². The Morgan fingerprint density at radius 2 is 1.44 bits per heavy atom. The summed E-state index contributed by atoms with van der Waals surface area (Å²) in [6.45, 7) is 1.06. The molecule has 1 fully saturated rings. The predicted molar refractivity (Wildman–Crippen MR) is 173 cm³/mol. The number of nitrogens with one attached hydrogen (secondary N) is 1. The molecule has 1 aliphatic rings. The third kappa shape index (κ3) is 7.97. The van der Waals surface area contributed by atoms with Gasteiger partial charge in [0.1, 0.15) is 18.4 Å². The van der Waals surface area contributed by atoms with E-state index in [1.54, 1.807) is 60.7 Å². The number of nitrogens with zero attached hydrogens (tertiary/aromatic N) is 2. The van der Waals surface area contributed by atoms with E-state index >= 15 is 4.39 Å². The van der Waals surface area contributed by atoms with Gasteiger partial charge in [-0.2, -0.15) is 0 Å². The van der Waals surface area contributed by atoms with Crippen LogP contribution in [0.1, 0.15) is 42.4 Å². The van der Waals surface area contributed by atoms with E-state index in [0.29, 0.717) is 5.69 Å². The number of amides is 2. The monoisotopic (exact) mass is 627 g/mol. The molecule has 45 heavy (non-hydrogen) atoms. The third-order valence-corrected chi connectivity index (χ3v) is 9.99. The van der Waals surface area contributed by atoms with Crippen molar-refractivity contribution in [3.8, 4) is 0 Å². The summed E-state index contributed by atoms with van der Waals surface area (Å²) in [5.74, 6) is -1.49. The van der Waals surface area contributed by atoms with Gasteiger partial charge in [0, 0.05) is 24.6 Å². The smallest absolute Gasteiger partial charge is 0.264 e. The number of hydrogen-bond donors (Lipinski definition) is 1. The molecule has 1 aliphatic carbocycles. The van der Waals surface area contributed by atoms with Crippen molar-refractivity contribution in [1.29, 1.82) is 0 Å². The molecule has 9 heteroatoms. The van der Waals surface area contributed by atoms with Gasteiger partial charge in [0.15, 0.2) is 0 Å². The fourth-order valence-electron chi connectivity index (χ4n) is 5.69. The van der Waals surface area contributed by atoms with E-state index in [-0.39, 0.29) is 35.4 Å². The summed E-state index contributed by atoms with van der Waals surface area (Å²) < 4.78 is 44.2. The van der Waals surface area contributed by atoms with E-state index in [0.717, 1.165) is 41.1 Å². The molecule has 0 heterocycles. The molecule has 4 aromatic carbocycles. The maximum atomic E-state index is 15.1. The molecule has 2 amide bonds. The minimum absolute atomic E-state index is 0.0103. The molecule has 0 bridgehead atoms. The fourth-order valence-corrected chi connectivity index (χ4v) is 7.11. The lowest BCUT2D eigenvalue weighted by atomic mass is 10.0. The Labute approximate surface area is 264 Å². The minimum atomic E-state index is -4.19. The highest BCUT2D eigenvalue weighted by atomic mass is 32.2. The van der Waals surface area contributed by atoms with Crippen molar-refractivity contribution in [3.05, 3.63) is 132 Å². The SMILES string of the molecule is Cc1ccc(S(=O)(=O)N(CC(=O)N(Cc2ccccc2F)C(Cc2ccccc2)C(=O)NC2CCCC2)c2ccccc2)cc1. The number of rotatable bonds is 12. The van der Waals surface area contributed by atoms with Gasteiger partial charge in [-0.05, 0) is 55.7 Å². The zero-order chi connectivity index (χ0) is 31.8. The van der Waals surface area contributed by atoms with Crippen LogP contribution in [0.5, 0.6) is 0 Å². The van der Waals surface area contributed by atoms with Crippen LogP contribution in [0.15, 0.2) is 114 Å². The van der Waals surface area contributed by atoms with Gasteiger partial charge in [0.2, 0.25) is 11.8 Å². The quantitative estimate of drug-likeness (QED) is 0.208.